The monoisotopic (exact) mass is 433 g/mol. The van der Waals surface area contributed by atoms with Crippen LogP contribution in [0.3, 0.4) is 0 Å². The lowest BCUT2D eigenvalue weighted by Gasteiger charge is -2.34. The molecule has 3 heterocycles. The van der Waals surface area contributed by atoms with E-state index in [2.05, 4.69) is 5.32 Å². The van der Waals surface area contributed by atoms with E-state index in [9.17, 15) is 23.2 Å². The number of hydrogen-bond donors (Lipinski definition) is 1. The molecule has 164 valence electrons. The maximum atomic E-state index is 13.8. The number of carbonyl (C=O) groups excluding carboxylic acids is 2. The first-order valence-electron chi connectivity index (χ1n) is 9.83. The number of rotatable bonds is 5. The lowest BCUT2D eigenvalue weighted by atomic mass is 10.1. The molecule has 4 rings (SSSR count). The van der Waals surface area contributed by atoms with Gasteiger partial charge in [-0.3, -0.25) is 14.4 Å². The molecule has 10 heteroatoms. The summed E-state index contributed by atoms with van der Waals surface area (Å²) in [5.41, 5.74) is -0.871. The third kappa shape index (κ3) is 3.56. The summed E-state index contributed by atoms with van der Waals surface area (Å²) < 4.78 is 39.3. The van der Waals surface area contributed by atoms with Crippen molar-refractivity contribution in [2.75, 3.05) is 13.7 Å². The van der Waals surface area contributed by atoms with Crippen LogP contribution >= 0.6 is 0 Å². The van der Waals surface area contributed by atoms with Gasteiger partial charge in [-0.05, 0) is 12.5 Å². The van der Waals surface area contributed by atoms with Gasteiger partial charge >= 0.3 is 0 Å². The number of methoxy groups -OCH3 is 1. The zero-order valence-corrected chi connectivity index (χ0v) is 17.0. The number of aromatic nitrogens is 1. The molecule has 0 unspecified atom stereocenters. The van der Waals surface area contributed by atoms with Crippen molar-refractivity contribution >= 4 is 11.8 Å². The fourth-order valence-electron chi connectivity index (χ4n) is 3.95. The summed E-state index contributed by atoms with van der Waals surface area (Å²) in [5.74, 6) is -2.94. The molecule has 2 atom stereocenters. The van der Waals surface area contributed by atoms with Crippen molar-refractivity contribution in [2.24, 2.45) is 0 Å². The molecule has 1 saturated heterocycles. The Morgan fingerprint density at radius 1 is 1.32 bits per heavy atom. The Balaban J connectivity index is 1.65. The minimum Gasteiger partial charge on any atom is -0.491 e. The average Bonchev–Trinajstić information content (AvgIpc) is 3.16. The van der Waals surface area contributed by atoms with E-state index in [1.54, 1.807) is 4.90 Å². The van der Waals surface area contributed by atoms with Crippen molar-refractivity contribution in [3.8, 4) is 5.75 Å². The predicted octanol–water partition coefficient (Wildman–Crippen LogP) is 1.66. The quantitative estimate of drug-likeness (QED) is 0.775. The zero-order chi connectivity index (χ0) is 22.3. The van der Waals surface area contributed by atoms with Crippen LogP contribution in [0.15, 0.2) is 29.2 Å². The summed E-state index contributed by atoms with van der Waals surface area (Å²) in [6.07, 6.45) is 1.49. The summed E-state index contributed by atoms with van der Waals surface area (Å²) in [6.45, 7) is 2.33. The third-order valence-corrected chi connectivity index (χ3v) is 5.59. The standard InChI is InChI=1S/C21H21F2N3O5/c1-3-13-10-31-16-9-25-8-14(18(27)19(30-2)17(25)21(29)26(13)16)20(28)24-7-11-4-5-12(22)6-15(11)23/h4-6,8,13,16H,3,7,9-10H2,1-2H3,(H,24,28)/t13-,16+/m0/s1. The van der Waals surface area contributed by atoms with Crippen LogP contribution in [0.25, 0.3) is 0 Å². The topological polar surface area (TPSA) is 89.9 Å². The number of hydrogen-bond acceptors (Lipinski definition) is 5. The highest BCUT2D eigenvalue weighted by atomic mass is 19.1. The van der Waals surface area contributed by atoms with Crippen molar-refractivity contribution in [2.45, 2.75) is 38.7 Å². The molecular formula is C21H21F2N3O5. The molecular weight excluding hydrogens is 412 g/mol. The highest BCUT2D eigenvalue weighted by Gasteiger charge is 2.44. The molecule has 1 N–H and O–H groups in total. The van der Waals surface area contributed by atoms with Crippen LogP contribution in [-0.4, -0.2) is 47.3 Å². The molecule has 1 fully saturated rings. The third-order valence-electron chi connectivity index (χ3n) is 5.59. The highest BCUT2D eigenvalue weighted by molar-refractivity contribution is 5.99. The van der Waals surface area contributed by atoms with Gasteiger partial charge in [0.25, 0.3) is 11.8 Å². The van der Waals surface area contributed by atoms with Gasteiger partial charge < -0.3 is 24.3 Å². The Kier molecular flexibility index (Phi) is 5.48. The second kappa shape index (κ2) is 8.10. The van der Waals surface area contributed by atoms with E-state index < -0.39 is 35.1 Å². The van der Waals surface area contributed by atoms with Crippen molar-refractivity contribution in [1.29, 1.82) is 0 Å². The molecule has 0 aliphatic carbocycles. The number of nitrogens with one attached hydrogen (secondary N) is 1. The molecule has 0 saturated carbocycles. The fourth-order valence-corrected chi connectivity index (χ4v) is 3.95. The van der Waals surface area contributed by atoms with Gasteiger partial charge in [0.05, 0.1) is 26.3 Å². The molecule has 0 radical (unpaired) electrons. The van der Waals surface area contributed by atoms with E-state index in [4.69, 9.17) is 9.47 Å². The van der Waals surface area contributed by atoms with E-state index in [0.29, 0.717) is 19.1 Å². The van der Waals surface area contributed by atoms with Crippen LogP contribution in [0.5, 0.6) is 5.75 Å². The molecule has 8 nitrogen and oxygen atoms in total. The lowest BCUT2D eigenvalue weighted by Crippen LogP contribution is -2.49. The van der Waals surface area contributed by atoms with Gasteiger partial charge in [0, 0.05) is 24.4 Å². The molecule has 0 bridgehead atoms. The average molecular weight is 433 g/mol. The Bertz CT molecular complexity index is 1120. The summed E-state index contributed by atoms with van der Waals surface area (Å²) in [7, 11) is 1.25. The van der Waals surface area contributed by atoms with Crippen LogP contribution in [0.1, 0.15) is 39.8 Å². The van der Waals surface area contributed by atoms with Crippen LogP contribution in [0.4, 0.5) is 8.78 Å². The van der Waals surface area contributed by atoms with E-state index in [0.717, 1.165) is 6.07 Å². The molecule has 2 aromatic rings. The van der Waals surface area contributed by atoms with E-state index in [1.165, 1.54) is 23.9 Å². The van der Waals surface area contributed by atoms with Crippen LogP contribution in [-0.2, 0) is 17.8 Å². The van der Waals surface area contributed by atoms with E-state index >= 15 is 0 Å². The molecule has 1 aromatic heterocycles. The Labute approximate surface area is 176 Å². The molecule has 1 aromatic carbocycles. The van der Waals surface area contributed by atoms with Gasteiger partial charge in [0.15, 0.2) is 17.7 Å². The minimum atomic E-state index is -0.811. The van der Waals surface area contributed by atoms with Crippen LogP contribution in [0.2, 0.25) is 0 Å². The van der Waals surface area contributed by atoms with E-state index in [1.807, 2.05) is 6.92 Å². The summed E-state index contributed by atoms with van der Waals surface area (Å²) in [5, 5.41) is 2.45. The van der Waals surface area contributed by atoms with Gasteiger partial charge in [-0.1, -0.05) is 13.0 Å². The number of halogens is 2. The molecule has 2 aliphatic heterocycles. The number of pyridine rings is 1. The SMILES string of the molecule is CC[C@H]1CO[C@@H]2Cn3cc(C(=O)NCc4ccc(F)cc4F)c(=O)c(OC)c3C(=O)N12. The lowest BCUT2D eigenvalue weighted by molar-refractivity contribution is 0.00560. The number of amides is 2. The van der Waals surface area contributed by atoms with Crippen molar-refractivity contribution in [1.82, 2.24) is 14.8 Å². The number of nitrogens with zero attached hydrogens (tertiary/aromatic N) is 2. The smallest absolute Gasteiger partial charge is 0.276 e. The zero-order valence-electron chi connectivity index (χ0n) is 17.0. The molecule has 31 heavy (non-hydrogen) atoms. The van der Waals surface area contributed by atoms with Gasteiger partial charge in [0.1, 0.15) is 17.2 Å². The molecule has 2 aliphatic rings. The first-order chi connectivity index (χ1) is 14.8. The summed E-state index contributed by atoms with van der Waals surface area (Å²) in [4.78, 5) is 40.3. The van der Waals surface area contributed by atoms with Gasteiger partial charge in [-0.2, -0.15) is 0 Å². The Morgan fingerprint density at radius 3 is 2.77 bits per heavy atom. The fraction of sp³-hybridized carbons (Fsp3) is 0.381. The van der Waals surface area contributed by atoms with Gasteiger partial charge in [-0.15, -0.1) is 0 Å². The van der Waals surface area contributed by atoms with Crippen molar-refractivity contribution in [3.05, 3.63) is 63.1 Å². The minimum absolute atomic E-state index is 0.0637. The second-order valence-electron chi connectivity index (χ2n) is 7.39. The van der Waals surface area contributed by atoms with Crippen LogP contribution in [0, 0.1) is 11.6 Å². The Hall–Kier alpha value is -3.27. The first kappa shape index (κ1) is 21.0. The van der Waals surface area contributed by atoms with Crippen molar-refractivity contribution < 1.29 is 27.8 Å². The number of ether oxygens (including phenoxy) is 2. The second-order valence-corrected chi connectivity index (χ2v) is 7.39. The maximum Gasteiger partial charge on any atom is 0.276 e. The number of carbonyl (C=O) groups is 2. The number of benzene rings is 1. The molecule has 0 spiro atoms. The summed E-state index contributed by atoms with van der Waals surface area (Å²) >= 11 is 0. The largest absolute Gasteiger partial charge is 0.491 e. The summed E-state index contributed by atoms with van der Waals surface area (Å²) in [6, 6.07) is 2.89. The van der Waals surface area contributed by atoms with Gasteiger partial charge in [0.2, 0.25) is 5.43 Å². The number of fused-ring (bicyclic) bond motifs is 2. The Morgan fingerprint density at radius 2 is 2.10 bits per heavy atom. The molecule has 2 amide bonds. The van der Waals surface area contributed by atoms with Gasteiger partial charge in [-0.25, -0.2) is 8.78 Å². The maximum absolute atomic E-state index is 13.8. The van der Waals surface area contributed by atoms with Crippen molar-refractivity contribution in [3.63, 3.8) is 0 Å². The predicted molar refractivity (Wildman–Crippen MR) is 105 cm³/mol. The highest BCUT2D eigenvalue weighted by Crippen LogP contribution is 2.31. The van der Waals surface area contributed by atoms with E-state index in [-0.39, 0.29) is 41.7 Å². The first-order valence-corrected chi connectivity index (χ1v) is 9.83. The van der Waals surface area contributed by atoms with Crippen LogP contribution < -0.4 is 15.5 Å². The normalized spacial score (nSPS) is 19.7.